The van der Waals surface area contributed by atoms with Crippen LogP contribution in [0.15, 0.2) is 18.3 Å². The molecule has 0 atom stereocenters. The van der Waals surface area contributed by atoms with Gasteiger partial charge in [-0.05, 0) is 37.3 Å². The zero-order valence-corrected chi connectivity index (χ0v) is 9.56. The summed E-state index contributed by atoms with van der Waals surface area (Å²) in [4.78, 5) is 7.06. The number of aryl methyl sites for hydroxylation is 1. The van der Waals surface area contributed by atoms with Crippen LogP contribution in [0.25, 0.3) is 0 Å². The highest BCUT2D eigenvalue weighted by molar-refractivity contribution is 5.49. The Balaban J connectivity index is 1.86. The largest absolute Gasteiger partial charge is 0.381 e. The second-order valence-corrected chi connectivity index (χ2v) is 4.63. The summed E-state index contributed by atoms with van der Waals surface area (Å²) in [5.74, 6) is 1.22. The Morgan fingerprint density at radius 2 is 2.19 bits per heavy atom. The summed E-state index contributed by atoms with van der Waals surface area (Å²) in [5.41, 5.74) is 1.42. The molecule has 0 N–H and O–H groups in total. The molecule has 0 aromatic carbocycles. The summed E-state index contributed by atoms with van der Waals surface area (Å²) in [6.07, 6.45) is 6.65. The first-order valence-corrected chi connectivity index (χ1v) is 6.23. The molecular weight excluding hydrogens is 200 g/mol. The van der Waals surface area contributed by atoms with Crippen LogP contribution in [0.3, 0.4) is 0 Å². The first kappa shape index (κ1) is 10.1. The molecule has 0 saturated carbocycles. The van der Waals surface area contributed by atoms with E-state index < -0.39 is 0 Å². The number of ether oxygens (including phenoxy) is 1. The Morgan fingerprint density at radius 1 is 1.31 bits per heavy atom. The van der Waals surface area contributed by atoms with E-state index in [0.29, 0.717) is 6.04 Å². The number of hydrogen-bond donors (Lipinski definition) is 0. The van der Waals surface area contributed by atoms with E-state index in [-0.39, 0.29) is 0 Å². The fourth-order valence-electron chi connectivity index (χ4n) is 2.78. The summed E-state index contributed by atoms with van der Waals surface area (Å²) in [6.45, 7) is 2.97. The molecule has 1 saturated heterocycles. The first-order chi connectivity index (χ1) is 7.95. The van der Waals surface area contributed by atoms with Gasteiger partial charge >= 0.3 is 0 Å². The molecule has 3 heteroatoms. The van der Waals surface area contributed by atoms with Crippen LogP contribution in [-0.4, -0.2) is 30.8 Å². The Hall–Kier alpha value is -1.09. The van der Waals surface area contributed by atoms with Crippen LogP contribution in [0.1, 0.15) is 24.8 Å². The average molecular weight is 218 g/mol. The molecule has 1 aromatic heterocycles. The number of fused-ring (bicyclic) bond motifs is 1. The quantitative estimate of drug-likeness (QED) is 0.721. The second kappa shape index (κ2) is 4.42. The molecule has 0 aliphatic carbocycles. The molecule has 0 amide bonds. The monoisotopic (exact) mass is 218 g/mol. The Bertz CT molecular complexity index is 361. The van der Waals surface area contributed by atoms with Crippen molar-refractivity contribution < 1.29 is 4.74 Å². The van der Waals surface area contributed by atoms with Crippen molar-refractivity contribution in [1.29, 1.82) is 0 Å². The Labute approximate surface area is 96.4 Å². The second-order valence-electron chi connectivity index (χ2n) is 4.63. The highest BCUT2D eigenvalue weighted by Crippen LogP contribution is 2.28. The van der Waals surface area contributed by atoms with E-state index in [9.17, 15) is 0 Å². The van der Waals surface area contributed by atoms with Gasteiger partial charge in [0.15, 0.2) is 0 Å². The molecule has 3 heterocycles. The minimum absolute atomic E-state index is 0.641. The average Bonchev–Trinajstić information content (AvgIpc) is 2.39. The van der Waals surface area contributed by atoms with Gasteiger partial charge in [-0.3, -0.25) is 0 Å². The maximum atomic E-state index is 5.43. The smallest absolute Gasteiger partial charge is 0.131 e. The van der Waals surface area contributed by atoms with Crippen molar-refractivity contribution in [2.45, 2.75) is 31.7 Å². The van der Waals surface area contributed by atoms with Crippen molar-refractivity contribution in [3.8, 4) is 0 Å². The van der Waals surface area contributed by atoms with E-state index in [4.69, 9.17) is 4.74 Å². The van der Waals surface area contributed by atoms with Crippen molar-refractivity contribution in [3.05, 3.63) is 23.9 Å². The van der Waals surface area contributed by atoms with Gasteiger partial charge < -0.3 is 9.64 Å². The van der Waals surface area contributed by atoms with Crippen molar-refractivity contribution >= 4 is 5.82 Å². The molecule has 2 aliphatic heterocycles. The molecule has 0 unspecified atom stereocenters. The third-order valence-corrected chi connectivity index (χ3v) is 3.62. The molecule has 0 bridgehead atoms. The lowest BCUT2D eigenvalue weighted by Gasteiger charge is -2.38. The van der Waals surface area contributed by atoms with E-state index in [2.05, 4.69) is 16.0 Å². The summed E-state index contributed by atoms with van der Waals surface area (Å²) in [7, 11) is 0. The van der Waals surface area contributed by atoms with Gasteiger partial charge in [0.25, 0.3) is 0 Å². The standard InChI is InChI=1S/C13H18N2O/c1-3-11-4-2-8-15(13(11)14-7-1)12-5-9-16-10-6-12/h1,3,7,12H,2,4-6,8-10H2. The van der Waals surface area contributed by atoms with Gasteiger partial charge in [0, 0.05) is 32.0 Å². The third kappa shape index (κ3) is 1.80. The molecular formula is C13H18N2O. The highest BCUT2D eigenvalue weighted by Gasteiger charge is 2.26. The van der Waals surface area contributed by atoms with E-state index in [1.807, 2.05) is 12.3 Å². The number of anilines is 1. The summed E-state index contributed by atoms with van der Waals surface area (Å²) in [6, 6.07) is 4.91. The zero-order valence-electron chi connectivity index (χ0n) is 9.56. The van der Waals surface area contributed by atoms with Gasteiger partial charge in [0.2, 0.25) is 0 Å². The predicted molar refractivity (Wildman–Crippen MR) is 63.7 cm³/mol. The minimum atomic E-state index is 0.641. The molecule has 1 aromatic rings. The fraction of sp³-hybridized carbons (Fsp3) is 0.615. The van der Waals surface area contributed by atoms with Gasteiger partial charge in [-0.25, -0.2) is 4.98 Å². The van der Waals surface area contributed by atoms with Crippen LogP contribution in [-0.2, 0) is 11.2 Å². The molecule has 3 nitrogen and oxygen atoms in total. The molecule has 16 heavy (non-hydrogen) atoms. The van der Waals surface area contributed by atoms with Gasteiger partial charge in [-0.2, -0.15) is 0 Å². The van der Waals surface area contributed by atoms with E-state index >= 15 is 0 Å². The molecule has 2 aliphatic rings. The Morgan fingerprint density at radius 3 is 3.06 bits per heavy atom. The number of nitrogens with zero attached hydrogens (tertiary/aromatic N) is 2. The lowest BCUT2D eigenvalue weighted by Crippen LogP contribution is -2.42. The van der Waals surface area contributed by atoms with Gasteiger partial charge in [0.1, 0.15) is 5.82 Å². The molecule has 0 spiro atoms. The van der Waals surface area contributed by atoms with E-state index in [1.165, 1.54) is 24.2 Å². The van der Waals surface area contributed by atoms with E-state index in [0.717, 1.165) is 32.6 Å². The fourth-order valence-corrected chi connectivity index (χ4v) is 2.78. The van der Waals surface area contributed by atoms with Crippen LogP contribution in [0.5, 0.6) is 0 Å². The van der Waals surface area contributed by atoms with Gasteiger partial charge in [0.05, 0.1) is 0 Å². The molecule has 0 radical (unpaired) electrons. The van der Waals surface area contributed by atoms with Crippen molar-refractivity contribution in [3.63, 3.8) is 0 Å². The van der Waals surface area contributed by atoms with Crippen molar-refractivity contribution in [1.82, 2.24) is 4.98 Å². The zero-order chi connectivity index (χ0) is 10.8. The maximum Gasteiger partial charge on any atom is 0.131 e. The summed E-state index contributed by atoms with van der Waals surface area (Å²) >= 11 is 0. The minimum Gasteiger partial charge on any atom is -0.381 e. The first-order valence-electron chi connectivity index (χ1n) is 6.23. The maximum absolute atomic E-state index is 5.43. The highest BCUT2D eigenvalue weighted by atomic mass is 16.5. The van der Waals surface area contributed by atoms with Crippen LogP contribution in [0.2, 0.25) is 0 Å². The summed E-state index contributed by atoms with van der Waals surface area (Å²) < 4.78 is 5.43. The molecule has 86 valence electrons. The summed E-state index contributed by atoms with van der Waals surface area (Å²) in [5, 5.41) is 0. The topological polar surface area (TPSA) is 25.4 Å². The van der Waals surface area contributed by atoms with Crippen LogP contribution in [0, 0.1) is 0 Å². The number of hydrogen-bond acceptors (Lipinski definition) is 3. The lowest BCUT2D eigenvalue weighted by molar-refractivity contribution is 0.0839. The normalized spacial score (nSPS) is 21.9. The number of rotatable bonds is 1. The lowest BCUT2D eigenvalue weighted by atomic mass is 10.0. The van der Waals surface area contributed by atoms with Crippen LogP contribution in [0.4, 0.5) is 5.82 Å². The number of aromatic nitrogens is 1. The van der Waals surface area contributed by atoms with Crippen LogP contribution < -0.4 is 4.90 Å². The van der Waals surface area contributed by atoms with Crippen molar-refractivity contribution in [2.24, 2.45) is 0 Å². The van der Waals surface area contributed by atoms with Crippen LogP contribution >= 0.6 is 0 Å². The SMILES string of the molecule is c1cnc2c(c1)CCCN2C1CCOCC1. The molecule has 3 rings (SSSR count). The predicted octanol–water partition coefficient (Wildman–Crippen LogP) is 2.01. The Kier molecular flexibility index (Phi) is 2.79. The van der Waals surface area contributed by atoms with E-state index in [1.54, 1.807) is 0 Å². The van der Waals surface area contributed by atoms with Gasteiger partial charge in [-0.15, -0.1) is 0 Å². The van der Waals surface area contributed by atoms with Gasteiger partial charge in [-0.1, -0.05) is 6.07 Å². The number of pyridine rings is 1. The molecule has 1 fully saturated rings. The van der Waals surface area contributed by atoms with Crippen molar-refractivity contribution in [2.75, 3.05) is 24.7 Å². The third-order valence-electron chi connectivity index (χ3n) is 3.62.